The van der Waals surface area contributed by atoms with Gasteiger partial charge in [0.15, 0.2) is 4.80 Å². The molecule has 1 fully saturated rings. The van der Waals surface area contributed by atoms with Crippen LogP contribution < -0.4 is 4.80 Å². The molecule has 4 rings (SSSR count). The molecule has 1 aliphatic carbocycles. The van der Waals surface area contributed by atoms with E-state index >= 15 is 0 Å². The highest BCUT2D eigenvalue weighted by Crippen LogP contribution is 2.46. The normalized spacial score (nSPS) is 14.6. The number of nitrogens with zero attached hydrogens (tertiary/aromatic N) is 2. The molecule has 0 aliphatic heterocycles. The van der Waals surface area contributed by atoms with Crippen molar-refractivity contribution in [2.75, 3.05) is 0 Å². The third-order valence-corrected chi connectivity index (χ3v) is 6.05. The van der Waals surface area contributed by atoms with Crippen LogP contribution in [0.5, 0.6) is 0 Å². The monoisotopic (exact) mass is 428 g/mol. The molecule has 1 saturated carbocycles. The fraction of sp³-hybridized carbons (Fsp3) is 0.190. The van der Waals surface area contributed by atoms with Crippen LogP contribution in [0, 0.1) is 5.82 Å². The average molecular weight is 429 g/mol. The van der Waals surface area contributed by atoms with Gasteiger partial charge in [-0.3, -0.25) is 0 Å². The summed E-state index contributed by atoms with van der Waals surface area (Å²) in [4.78, 5) is 6.71. The maximum atomic E-state index is 14.5. The van der Waals surface area contributed by atoms with Crippen molar-refractivity contribution in [3.63, 3.8) is 0 Å². The summed E-state index contributed by atoms with van der Waals surface area (Å²) >= 11 is 5.01. The fourth-order valence-corrected chi connectivity index (χ4v) is 4.58. The van der Waals surface area contributed by atoms with E-state index in [1.165, 1.54) is 11.8 Å². The Morgan fingerprint density at radius 1 is 1.19 bits per heavy atom. The number of benzene rings is 2. The smallest absolute Gasteiger partial charge is 0.191 e. The van der Waals surface area contributed by atoms with Gasteiger partial charge < -0.3 is 4.57 Å². The van der Waals surface area contributed by atoms with Crippen molar-refractivity contribution < 1.29 is 4.39 Å². The van der Waals surface area contributed by atoms with Gasteiger partial charge in [-0.25, -0.2) is 9.38 Å². The minimum Gasteiger partial charge on any atom is -0.316 e. The molecule has 5 heteroatoms. The zero-order valence-electron chi connectivity index (χ0n) is 14.2. The molecule has 132 valence electrons. The zero-order chi connectivity index (χ0) is 18.1. The summed E-state index contributed by atoms with van der Waals surface area (Å²) in [5.74, 6) is 0.297. The minimum absolute atomic E-state index is 0.184. The van der Waals surface area contributed by atoms with Crippen molar-refractivity contribution in [3.8, 4) is 10.4 Å². The molecule has 1 aromatic heterocycles. The molecule has 0 N–H and O–H groups in total. The summed E-state index contributed by atoms with van der Waals surface area (Å²) in [5, 5.41) is 0. The Bertz CT molecular complexity index is 1010. The molecule has 0 unspecified atom stereocenters. The zero-order valence-corrected chi connectivity index (χ0v) is 16.6. The number of hydrogen-bond donors (Lipinski definition) is 0. The highest BCUT2D eigenvalue weighted by Gasteiger charge is 2.31. The molecule has 0 spiro atoms. The first kappa shape index (κ1) is 17.4. The number of rotatable bonds is 5. The Balaban J connectivity index is 1.94. The molecule has 0 bridgehead atoms. The van der Waals surface area contributed by atoms with Crippen LogP contribution in [0.25, 0.3) is 10.4 Å². The van der Waals surface area contributed by atoms with Crippen molar-refractivity contribution in [3.05, 3.63) is 82.0 Å². The lowest BCUT2D eigenvalue weighted by atomic mass is 10.1. The highest BCUT2D eigenvalue weighted by molar-refractivity contribution is 9.10. The predicted octanol–water partition coefficient (Wildman–Crippen LogP) is 6.41. The molecular weight excluding hydrogens is 411 g/mol. The van der Waals surface area contributed by atoms with Crippen LogP contribution >= 0.6 is 27.3 Å². The first-order valence-electron chi connectivity index (χ1n) is 8.57. The van der Waals surface area contributed by atoms with E-state index in [4.69, 9.17) is 4.99 Å². The van der Waals surface area contributed by atoms with E-state index in [0.717, 1.165) is 32.7 Å². The second-order valence-electron chi connectivity index (χ2n) is 6.34. The van der Waals surface area contributed by atoms with Crippen molar-refractivity contribution in [1.82, 2.24) is 4.57 Å². The standard InChI is InChI=1S/C21H18BrFN2S/c1-2-13-25-19(14-7-8-14)20(17-5-3-4-6-18(17)23)26-21(25)24-16-11-9-15(22)10-12-16/h2-6,9-12,14H,1,7-8,13H2. The molecule has 0 saturated heterocycles. The SMILES string of the molecule is C=CCn1c(C2CC2)c(-c2ccccc2F)sc1=Nc1ccc(Br)cc1. The van der Waals surface area contributed by atoms with Crippen molar-refractivity contribution in [2.45, 2.75) is 25.3 Å². The fourth-order valence-electron chi connectivity index (χ4n) is 3.04. The Hall–Kier alpha value is -1.98. The van der Waals surface area contributed by atoms with Crippen molar-refractivity contribution in [2.24, 2.45) is 4.99 Å². The van der Waals surface area contributed by atoms with Crippen molar-refractivity contribution >= 4 is 33.0 Å². The molecule has 0 radical (unpaired) electrons. The van der Waals surface area contributed by atoms with Gasteiger partial charge in [-0.15, -0.1) is 6.58 Å². The molecule has 1 heterocycles. The number of aromatic nitrogens is 1. The lowest BCUT2D eigenvalue weighted by molar-refractivity contribution is 0.631. The van der Waals surface area contributed by atoms with Gasteiger partial charge in [-0.2, -0.15) is 0 Å². The summed E-state index contributed by atoms with van der Waals surface area (Å²) in [5.41, 5.74) is 2.74. The maximum absolute atomic E-state index is 14.5. The van der Waals surface area contributed by atoms with Crippen LogP contribution in [-0.2, 0) is 6.54 Å². The maximum Gasteiger partial charge on any atom is 0.191 e. The largest absolute Gasteiger partial charge is 0.316 e. The van der Waals surface area contributed by atoms with Gasteiger partial charge in [0.2, 0.25) is 0 Å². The molecule has 0 amide bonds. The van der Waals surface area contributed by atoms with Gasteiger partial charge in [0, 0.05) is 28.2 Å². The van der Waals surface area contributed by atoms with Gasteiger partial charge in [0.1, 0.15) is 5.82 Å². The van der Waals surface area contributed by atoms with Gasteiger partial charge in [-0.05, 0) is 43.2 Å². The van der Waals surface area contributed by atoms with E-state index in [2.05, 4.69) is 27.1 Å². The number of allylic oxidation sites excluding steroid dienone is 1. The van der Waals surface area contributed by atoms with Gasteiger partial charge in [0.25, 0.3) is 0 Å². The van der Waals surface area contributed by atoms with Gasteiger partial charge in [-0.1, -0.05) is 51.5 Å². The summed E-state index contributed by atoms with van der Waals surface area (Å²) in [6.45, 7) is 4.57. The molecular formula is C21H18BrFN2S. The third kappa shape index (κ3) is 3.46. The number of hydrogen-bond acceptors (Lipinski definition) is 2. The first-order valence-corrected chi connectivity index (χ1v) is 10.2. The highest BCUT2D eigenvalue weighted by atomic mass is 79.9. The second-order valence-corrected chi connectivity index (χ2v) is 8.23. The van der Waals surface area contributed by atoms with Crippen LogP contribution in [0.1, 0.15) is 24.5 Å². The summed E-state index contributed by atoms with van der Waals surface area (Å²) in [7, 11) is 0. The first-order chi connectivity index (χ1) is 12.7. The van der Waals surface area contributed by atoms with Crippen LogP contribution in [0.4, 0.5) is 10.1 Å². The Morgan fingerprint density at radius 2 is 1.92 bits per heavy atom. The van der Waals surface area contributed by atoms with Gasteiger partial charge in [0.05, 0.1) is 10.6 Å². The molecule has 2 nitrogen and oxygen atoms in total. The van der Waals surface area contributed by atoms with E-state index < -0.39 is 0 Å². The van der Waals surface area contributed by atoms with E-state index in [0.29, 0.717) is 18.0 Å². The lowest BCUT2D eigenvalue weighted by Crippen LogP contribution is -2.16. The average Bonchev–Trinajstić information content (AvgIpc) is 3.42. The van der Waals surface area contributed by atoms with E-state index in [1.807, 2.05) is 42.5 Å². The van der Waals surface area contributed by atoms with E-state index in [9.17, 15) is 4.39 Å². The molecule has 26 heavy (non-hydrogen) atoms. The Labute approximate surface area is 164 Å². The molecule has 0 atom stereocenters. The quantitative estimate of drug-likeness (QED) is 0.417. The molecule has 1 aliphatic rings. The van der Waals surface area contributed by atoms with Crippen molar-refractivity contribution in [1.29, 1.82) is 0 Å². The summed E-state index contributed by atoms with van der Waals surface area (Å²) < 4.78 is 17.7. The minimum atomic E-state index is -0.184. The van der Waals surface area contributed by atoms with Crippen LogP contribution in [-0.4, -0.2) is 4.57 Å². The third-order valence-electron chi connectivity index (χ3n) is 4.39. The van der Waals surface area contributed by atoms with Crippen LogP contribution in [0.15, 0.2) is 70.7 Å². The summed E-state index contributed by atoms with van der Waals surface area (Å²) in [6.07, 6.45) is 4.17. The second kappa shape index (κ2) is 7.33. The predicted molar refractivity (Wildman–Crippen MR) is 109 cm³/mol. The number of thiazole rings is 1. The van der Waals surface area contributed by atoms with Crippen LogP contribution in [0.2, 0.25) is 0 Å². The van der Waals surface area contributed by atoms with Crippen LogP contribution in [0.3, 0.4) is 0 Å². The lowest BCUT2D eigenvalue weighted by Gasteiger charge is -2.08. The number of halogens is 2. The van der Waals surface area contributed by atoms with E-state index in [1.54, 1.807) is 17.4 Å². The van der Waals surface area contributed by atoms with E-state index in [-0.39, 0.29) is 5.82 Å². The molecule has 3 aromatic rings. The summed E-state index contributed by atoms with van der Waals surface area (Å²) in [6, 6.07) is 14.9. The Morgan fingerprint density at radius 3 is 2.58 bits per heavy atom. The molecule has 2 aromatic carbocycles. The topological polar surface area (TPSA) is 17.3 Å². The van der Waals surface area contributed by atoms with Gasteiger partial charge >= 0.3 is 0 Å². The Kier molecular flexibility index (Phi) is 4.92.